The third-order valence-electron chi connectivity index (χ3n) is 6.98. The zero-order valence-corrected chi connectivity index (χ0v) is 25.2. The Kier molecular flexibility index (Phi) is 8.91. The Balaban J connectivity index is 1.08. The highest BCUT2D eigenvalue weighted by Gasteiger charge is 2.17. The minimum absolute atomic E-state index is 0.0355. The second kappa shape index (κ2) is 13.5. The lowest BCUT2D eigenvalue weighted by atomic mass is 10.0. The lowest BCUT2D eigenvalue weighted by Crippen LogP contribution is -2.26. The van der Waals surface area contributed by atoms with Crippen LogP contribution in [-0.4, -0.2) is 28.3 Å². The summed E-state index contributed by atoms with van der Waals surface area (Å²) in [4.78, 5) is 43.7. The molecule has 6 rings (SSSR count). The highest BCUT2D eigenvalue weighted by atomic mass is 32.2. The number of anilines is 1. The molecule has 8 heteroatoms. The van der Waals surface area contributed by atoms with Gasteiger partial charge in [0.2, 0.25) is 0 Å². The second-order valence-electron chi connectivity index (χ2n) is 9.99. The Morgan fingerprint density at radius 1 is 0.682 bits per heavy atom. The fraction of sp³-hybridized carbons (Fsp3) is 0.0556. The molecule has 44 heavy (non-hydrogen) atoms. The number of ketones is 1. The summed E-state index contributed by atoms with van der Waals surface area (Å²) in [5.41, 5.74) is 5.79. The molecule has 0 saturated heterocycles. The van der Waals surface area contributed by atoms with Crippen molar-refractivity contribution in [2.75, 3.05) is 11.1 Å². The van der Waals surface area contributed by atoms with Gasteiger partial charge in [0.05, 0.1) is 27.1 Å². The molecule has 1 heterocycles. The number of rotatable bonds is 10. The summed E-state index contributed by atoms with van der Waals surface area (Å²) in [5.74, 6) is -0.385. The maximum absolute atomic E-state index is 13.2. The lowest BCUT2D eigenvalue weighted by Gasteiger charge is -2.11. The van der Waals surface area contributed by atoms with Gasteiger partial charge < -0.3 is 10.6 Å². The molecule has 0 unspecified atom stereocenters. The topological polar surface area (TPSA) is 88.2 Å². The number of fused-ring (bicyclic) bond motifs is 1. The number of thioether (sulfide) groups is 1. The van der Waals surface area contributed by atoms with Crippen LogP contribution in [0.5, 0.6) is 0 Å². The molecule has 0 bridgehead atoms. The van der Waals surface area contributed by atoms with E-state index in [9.17, 15) is 14.4 Å². The van der Waals surface area contributed by atoms with Crippen molar-refractivity contribution >= 4 is 56.6 Å². The molecule has 6 aromatic rings. The van der Waals surface area contributed by atoms with Gasteiger partial charge >= 0.3 is 0 Å². The second-order valence-corrected chi connectivity index (χ2v) is 12.2. The van der Waals surface area contributed by atoms with E-state index >= 15 is 0 Å². The van der Waals surface area contributed by atoms with Gasteiger partial charge in [0, 0.05) is 17.8 Å². The van der Waals surface area contributed by atoms with Crippen LogP contribution >= 0.6 is 23.1 Å². The molecule has 0 spiro atoms. The number of nitrogens with one attached hydrogen (secondary N) is 2. The van der Waals surface area contributed by atoms with Crippen molar-refractivity contribution in [2.24, 2.45) is 0 Å². The number of benzene rings is 5. The van der Waals surface area contributed by atoms with E-state index in [1.807, 2.05) is 97.1 Å². The number of Topliss-reactive ketones (excluding diaryl/α,β-unsaturated/α-hetero) is 1. The standard InChI is InChI=1S/C36H27N3O3S2/c40-32(27-17-15-26(16-18-27)25-11-5-2-6-12-25)23-43-36-39-31-20-19-28(21-33(31)44-36)38-35(42)30-14-8-7-13-29(30)34(41)37-22-24-9-3-1-4-10-24/h1-21H,22-23H2,(H,37,41)(H,38,42). The molecular formula is C36H27N3O3S2. The average molecular weight is 614 g/mol. The summed E-state index contributed by atoms with van der Waals surface area (Å²) < 4.78 is 1.66. The molecule has 0 atom stereocenters. The summed E-state index contributed by atoms with van der Waals surface area (Å²) in [6, 6.07) is 39.6. The minimum Gasteiger partial charge on any atom is -0.348 e. The summed E-state index contributed by atoms with van der Waals surface area (Å²) >= 11 is 2.87. The van der Waals surface area contributed by atoms with Crippen molar-refractivity contribution < 1.29 is 14.4 Å². The third kappa shape index (κ3) is 6.94. The smallest absolute Gasteiger partial charge is 0.256 e. The fourth-order valence-electron chi connectivity index (χ4n) is 4.68. The highest BCUT2D eigenvalue weighted by molar-refractivity contribution is 8.01. The van der Waals surface area contributed by atoms with Crippen molar-refractivity contribution in [3.63, 3.8) is 0 Å². The molecule has 1 aromatic heterocycles. The quantitative estimate of drug-likeness (QED) is 0.120. The first-order valence-electron chi connectivity index (χ1n) is 14.0. The molecule has 2 amide bonds. The largest absolute Gasteiger partial charge is 0.348 e. The van der Waals surface area contributed by atoms with Crippen LogP contribution in [0.4, 0.5) is 5.69 Å². The van der Waals surface area contributed by atoms with Crippen LogP contribution in [-0.2, 0) is 6.54 Å². The first kappa shape index (κ1) is 29.0. The minimum atomic E-state index is -0.377. The lowest BCUT2D eigenvalue weighted by molar-refractivity contribution is 0.0937. The van der Waals surface area contributed by atoms with Crippen LogP contribution in [0.1, 0.15) is 36.6 Å². The van der Waals surface area contributed by atoms with Gasteiger partial charge in [-0.2, -0.15) is 0 Å². The maximum atomic E-state index is 13.2. The van der Waals surface area contributed by atoms with Crippen LogP contribution in [0.2, 0.25) is 0 Å². The Bertz CT molecular complexity index is 1940. The number of hydrogen-bond acceptors (Lipinski definition) is 6. The van der Waals surface area contributed by atoms with Crippen LogP contribution in [0, 0.1) is 0 Å². The van der Waals surface area contributed by atoms with Gasteiger partial charge in [0.15, 0.2) is 10.1 Å². The Labute approximate surface area is 263 Å². The molecule has 2 N–H and O–H groups in total. The van der Waals surface area contributed by atoms with E-state index < -0.39 is 0 Å². The number of thiazole rings is 1. The summed E-state index contributed by atoms with van der Waals surface area (Å²) in [6.45, 7) is 0.365. The van der Waals surface area contributed by atoms with Gasteiger partial charge in [-0.05, 0) is 47.0 Å². The monoisotopic (exact) mass is 613 g/mol. The predicted octanol–water partition coefficient (Wildman–Crippen LogP) is 8.12. The zero-order valence-electron chi connectivity index (χ0n) is 23.5. The van der Waals surface area contributed by atoms with E-state index in [0.29, 0.717) is 23.4 Å². The van der Waals surface area contributed by atoms with Gasteiger partial charge in [-0.15, -0.1) is 11.3 Å². The third-order valence-corrected chi connectivity index (χ3v) is 9.14. The van der Waals surface area contributed by atoms with Crippen LogP contribution < -0.4 is 10.6 Å². The SMILES string of the molecule is O=C(CSc1nc2ccc(NC(=O)c3ccccc3C(=O)NCc3ccccc3)cc2s1)c1ccc(-c2ccccc2)cc1. The van der Waals surface area contributed by atoms with E-state index in [1.54, 1.807) is 30.3 Å². The highest BCUT2D eigenvalue weighted by Crippen LogP contribution is 2.32. The molecular weight excluding hydrogens is 587 g/mol. The molecule has 6 nitrogen and oxygen atoms in total. The molecule has 0 aliphatic heterocycles. The number of amides is 2. The van der Waals surface area contributed by atoms with E-state index in [2.05, 4.69) is 15.6 Å². The van der Waals surface area contributed by atoms with Gasteiger partial charge in [0.1, 0.15) is 0 Å². The number of aromatic nitrogens is 1. The molecule has 0 saturated carbocycles. The van der Waals surface area contributed by atoms with Crippen molar-refractivity contribution in [3.8, 4) is 11.1 Å². The van der Waals surface area contributed by atoms with Gasteiger partial charge in [-0.25, -0.2) is 4.98 Å². The van der Waals surface area contributed by atoms with Gasteiger partial charge in [0.25, 0.3) is 11.8 Å². The van der Waals surface area contributed by atoms with Gasteiger partial charge in [-0.1, -0.05) is 109 Å². The Morgan fingerprint density at radius 2 is 1.32 bits per heavy atom. The first-order valence-corrected chi connectivity index (χ1v) is 15.8. The van der Waals surface area contributed by atoms with E-state index in [1.165, 1.54) is 23.1 Å². The number of nitrogens with zero attached hydrogens (tertiary/aromatic N) is 1. The number of hydrogen-bond donors (Lipinski definition) is 2. The predicted molar refractivity (Wildman–Crippen MR) is 179 cm³/mol. The first-order chi connectivity index (χ1) is 21.5. The number of carbonyl (C=O) groups excluding carboxylic acids is 3. The van der Waals surface area contributed by atoms with Crippen molar-refractivity contribution in [1.29, 1.82) is 0 Å². The van der Waals surface area contributed by atoms with E-state index in [0.717, 1.165) is 31.2 Å². The summed E-state index contributed by atoms with van der Waals surface area (Å²) in [7, 11) is 0. The van der Waals surface area contributed by atoms with Crippen molar-refractivity contribution in [3.05, 3.63) is 150 Å². The van der Waals surface area contributed by atoms with Crippen molar-refractivity contribution in [2.45, 2.75) is 10.9 Å². The maximum Gasteiger partial charge on any atom is 0.256 e. The fourth-order valence-corrected chi connectivity index (χ4v) is 6.69. The average Bonchev–Trinajstić information content (AvgIpc) is 3.49. The van der Waals surface area contributed by atoms with Crippen LogP contribution in [0.25, 0.3) is 21.3 Å². The number of carbonyl (C=O) groups is 3. The van der Waals surface area contributed by atoms with Crippen molar-refractivity contribution in [1.82, 2.24) is 10.3 Å². The van der Waals surface area contributed by atoms with E-state index in [4.69, 9.17) is 0 Å². The van der Waals surface area contributed by atoms with Crippen LogP contribution in [0.15, 0.2) is 132 Å². The molecule has 216 valence electrons. The Morgan fingerprint density at radius 3 is 2.05 bits per heavy atom. The molecule has 0 radical (unpaired) electrons. The normalized spacial score (nSPS) is 10.8. The molecule has 0 aliphatic carbocycles. The van der Waals surface area contributed by atoms with Crippen LogP contribution in [0.3, 0.4) is 0 Å². The zero-order chi connectivity index (χ0) is 30.3. The summed E-state index contributed by atoms with van der Waals surface area (Å²) in [6.07, 6.45) is 0. The van der Waals surface area contributed by atoms with Gasteiger partial charge in [-0.3, -0.25) is 14.4 Å². The Hall–Kier alpha value is -5.05. The van der Waals surface area contributed by atoms with E-state index in [-0.39, 0.29) is 28.9 Å². The molecule has 5 aromatic carbocycles. The molecule has 0 aliphatic rings. The summed E-state index contributed by atoms with van der Waals surface area (Å²) in [5, 5.41) is 5.80. The molecule has 0 fully saturated rings.